The molecule has 1 saturated carbocycles. The minimum Gasteiger partial charge on any atom is -0.353 e. The molecule has 8 heteroatoms. The van der Waals surface area contributed by atoms with Gasteiger partial charge in [-0.25, -0.2) is 9.97 Å². The molecule has 2 aromatic heterocycles. The number of hydrogen-bond acceptors (Lipinski definition) is 5. The highest BCUT2D eigenvalue weighted by atomic mass is 16.2. The van der Waals surface area contributed by atoms with E-state index in [0.717, 1.165) is 63.3 Å². The molecule has 0 unspecified atom stereocenters. The number of piperazine rings is 1. The Labute approximate surface area is 169 Å². The second kappa shape index (κ2) is 7.50. The van der Waals surface area contributed by atoms with Gasteiger partial charge in [-0.2, -0.15) is 0 Å². The molecule has 2 aromatic rings. The van der Waals surface area contributed by atoms with Crippen LogP contribution in [0.15, 0.2) is 24.4 Å². The van der Waals surface area contributed by atoms with Crippen LogP contribution in [0.25, 0.3) is 0 Å². The van der Waals surface area contributed by atoms with E-state index in [0.29, 0.717) is 24.6 Å². The maximum atomic E-state index is 13.3. The van der Waals surface area contributed by atoms with E-state index in [1.54, 1.807) is 6.20 Å². The molecule has 5 rings (SSSR count). The van der Waals surface area contributed by atoms with Crippen LogP contribution in [-0.4, -0.2) is 63.5 Å². The van der Waals surface area contributed by atoms with Crippen molar-refractivity contribution in [3.8, 4) is 0 Å². The van der Waals surface area contributed by atoms with Gasteiger partial charge in [0.15, 0.2) is 5.82 Å². The van der Waals surface area contributed by atoms with Gasteiger partial charge in [0.25, 0.3) is 11.8 Å². The predicted octanol–water partition coefficient (Wildman–Crippen LogP) is 1.47. The Bertz CT molecular complexity index is 913. The number of hydrogen-bond donors (Lipinski definition) is 1. The summed E-state index contributed by atoms with van der Waals surface area (Å²) in [4.78, 5) is 38.9. The molecule has 0 aromatic carbocycles. The number of aromatic nitrogens is 3. The summed E-state index contributed by atoms with van der Waals surface area (Å²) < 4.78 is 1.98. The number of carbonyl (C=O) groups excluding carboxylic acids is 2. The van der Waals surface area contributed by atoms with Crippen LogP contribution < -0.4 is 10.2 Å². The van der Waals surface area contributed by atoms with Crippen LogP contribution in [0.4, 0.5) is 5.82 Å². The molecular weight excluding hydrogens is 368 g/mol. The summed E-state index contributed by atoms with van der Waals surface area (Å²) in [5.41, 5.74) is 1.37. The smallest absolute Gasteiger partial charge is 0.290 e. The van der Waals surface area contributed by atoms with Crippen molar-refractivity contribution in [2.45, 2.75) is 44.7 Å². The van der Waals surface area contributed by atoms with Crippen molar-refractivity contribution < 1.29 is 9.59 Å². The van der Waals surface area contributed by atoms with Gasteiger partial charge in [-0.05, 0) is 44.2 Å². The topological polar surface area (TPSA) is 83.4 Å². The van der Waals surface area contributed by atoms with Gasteiger partial charge in [-0.15, -0.1) is 0 Å². The van der Waals surface area contributed by atoms with Gasteiger partial charge in [0.2, 0.25) is 0 Å². The van der Waals surface area contributed by atoms with Crippen LogP contribution in [0.2, 0.25) is 0 Å². The molecular formula is C21H26N6O2. The average Bonchev–Trinajstić information content (AvgIpc) is 3.50. The normalized spacial score (nSPS) is 19.0. The third-order valence-corrected chi connectivity index (χ3v) is 5.98. The summed E-state index contributed by atoms with van der Waals surface area (Å²) in [7, 11) is 0. The maximum Gasteiger partial charge on any atom is 0.290 e. The number of nitrogens with zero attached hydrogens (tertiary/aromatic N) is 5. The lowest BCUT2D eigenvalue weighted by Gasteiger charge is -2.35. The van der Waals surface area contributed by atoms with Gasteiger partial charge in [0.1, 0.15) is 11.5 Å². The van der Waals surface area contributed by atoms with Crippen molar-refractivity contribution >= 4 is 17.6 Å². The molecule has 0 bridgehead atoms. The summed E-state index contributed by atoms with van der Waals surface area (Å²) in [6.07, 6.45) is 6.72. The molecule has 0 radical (unpaired) electrons. The molecule has 2 amide bonds. The van der Waals surface area contributed by atoms with Gasteiger partial charge < -0.3 is 19.7 Å². The summed E-state index contributed by atoms with van der Waals surface area (Å²) in [6.45, 7) is 3.49. The zero-order valence-electron chi connectivity index (χ0n) is 16.5. The van der Waals surface area contributed by atoms with Gasteiger partial charge in [-0.1, -0.05) is 6.07 Å². The largest absolute Gasteiger partial charge is 0.353 e. The fraction of sp³-hybridized carbons (Fsp3) is 0.524. The average molecular weight is 394 g/mol. The van der Waals surface area contributed by atoms with Crippen LogP contribution >= 0.6 is 0 Å². The van der Waals surface area contributed by atoms with Gasteiger partial charge in [0.05, 0.1) is 5.69 Å². The molecule has 1 aliphatic carbocycles. The van der Waals surface area contributed by atoms with Crippen molar-refractivity contribution in [3.63, 3.8) is 0 Å². The first-order valence-electron chi connectivity index (χ1n) is 10.6. The molecule has 8 nitrogen and oxygen atoms in total. The first-order valence-corrected chi connectivity index (χ1v) is 10.6. The Balaban J connectivity index is 1.33. The summed E-state index contributed by atoms with van der Waals surface area (Å²) in [6, 6.07) is 6.15. The molecule has 2 fully saturated rings. The van der Waals surface area contributed by atoms with Crippen LogP contribution in [0.3, 0.4) is 0 Å². The number of nitrogens with one attached hydrogen (secondary N) is 1. The van der Waals surface area contributed by atoms with E-state index in [1.165, 1.54) is 0 Å². The molecule has 2 aliphatic heterocycles. The molecule has 1 N–H and O–H groups in total. The van der Waals surface area contributed by atoms with E-state index in [9.17, 15) is 9.59 Å². The Morgan fingerprint density at radius 2 is 1.86 bits per heavy atom. The predicted molar refractivity (Wildman–Crippen MR) is 108 cm³/mol. The Morgan fingerprint density at radius 3 is 2.59 bits per heavy atom. The number of anilines is 1. The van der Waals surface area contributed by atoms with E-state index < -0.39 is 0 Å². The van der Waals surface area contributed by atoms with E-state index in [-0.39, 0.29) is 17.9 Å². The van der Waals surface area contributed by atoms with Gasteiger partial charge in [-0.3, -0.25) is 9.59 Å². The summed E-state index contributed by atoms with van der Waals surface area (Å²) >= 11 is 0. The van der Waals surface area contributed by atoms with Crippen LogP contribution in [-0.2, 0) is 13.0 Å². The SMILES string of the molecule is O=C(NC1CC1)c1nc(C(=O)N2CCN(c3ccccn3)CC2)n2c1CCCC2. The van der Waals surface area contributed by atoms with Crippen molar-refractivity contribution in [2.24, 2.45) is 0 Å². The molecule has 0 atom stereocenters. The highest BCUT2D eigenvalue weighted by molar-refractivity contribution is 5.97. The number of rotatable bonds is 4. The van der Waals surface area contributed by atoms with E-state index in [4.69, 9.17) is 0 Å². The fourth-order valence-electron chi connectivity index (χ4n) is 4.19. The van der Waals surface area contributed by atoms with Crippen LogP contribution in [0.1, 0.15) is 52.5 Å². The van der Waals surface area contributed by atoms with Crippen molar-refractivity contribution in [3.05, 3.63) is 41.6 Å². The number of carbonyl (C=O) groups is 2. The Morgan fingerprint density at radius 1 is 1.03 bits per heavy atom. The standard InChI is InChI=1S/C21H26N6O2/c28-20(23-15-7-8-15)18-16-5-2-4-10-27(16)19(24-18)21(29)26-13-11-25(12-14-26)17-6-1-3-9-22-17/h1,3,6,9,15H,2,4-5,7-8,10-14H2,(H,23,28). The van der Waals surface area contributed by atoms with Crippen molar-refractivity contribution in [1.82, 2.24) is 24.8 Å². The molecule has 152 valence electrons. The molecule has 3 aliphatic rings. The monoisotopic (exact) mass is 394 g/mol. The molecule has 1 saturated heterocycles. The van der Waals surface area contributed by atoms with Crippen LogP contribution in [0.5, 0.6) is 0 Å². The Kier molecular flexibility index (Phi) is 4.69. The first kappa shape index (κ1) is 18.1. The second-order valence-corrected chi connectivity index (χ2v) is 8.05. The highest BCUT2D eigenvalue weighted by Gasteiger charge is 2.33. The lowest BCUT2D eigenvalue weighted by molar-refractivity contribution is 0.0728. The summed E-state index contributed by atoms with van der Waals surface area (Å²) in [5.74, 6) is 1.17. The van der Waals surface area contributed by atoms with E-state index in [1.807, 2.05) is 27.7 Å². The number of pyridine rings is 1. The lowest BCUT2D eigenvalue weighted by atomic mass is 10.1. The minimum absolute atomic E-state index is 0.0701. The zero-order chi connectivity index (χ0) is 19.8. The zero-order valence-corrected chi connectivity index (χ0v) is 16.5. The number of amides is 2. The van der Waals surface area contributed by atoms with Gasteiger partial charge in [0, 0.05) is 45.0 Å². The molecule has 0 spiro atoms. The Hall–Kier alpha value is -2.90. The van der Waals surface area contributed by atoms with Gasteiger partial charge >= 0.3 is 0 Å². The third kappa shape index (κ3) is 3.59. The van der Waals surface area contributed by atoms with Crippen LogP contribution in [0, 0.1) is 0 Å². The highest BCUT2D eigenvalue weighted by Crippen LogP contribution is 2.25. The fourth-order valence-corrected chi connectivity index (χ4v) is 4.19. The van der Waals surface area contributed by atoms with Crippen molar-refractivity contribution in [1.29, 1.82) is 0 Å². The van der Waals surface area contributed by atoms with E-state index in [2.05, 4.69) is 20.2 Å². The lowest BCUT2D eigenvalue weighted by Crippen LogP contribution is -2.49. The quantitative estimate of drug-likeness (QED) is 0.849. The maximum absolute atomic E-state index is 13.3. The van der Waals surface area contributed by atoms with Crippen molar-refractivity contribution in [2.75, 3.05) is 31.1 Å². The number of fused-ring (bicyclic) bond motifs is 1. The number of imidazole rings is 1. The second-order valence-electron chi connectivity index (χ2n) is 8.05. The van der Waals surface area contributed by atoms with E-state index >= 15 is 0 Å². The summed E-state index contributed by atoms with van der Waals surface area (Å²) in [5, 5.41) is 3.02. The third-order valence-electron chi connectivity index (χ3n) is 5.98. The molecule has 29 heavy (non-hydrogen) atoms. The molecule has 4 heterocycles. The first-order chi connectivity index (χ1) is 14.2. The minimum atomic E-state index is -0.128.